The van der Waals surface area contributed by atoms with Crippen molar-refractivity contribution < 1.29 is 15.3 Å². The lowest BCUT2D eigenvalue weighted by atomic mass is 9.84. The van der Waals surface area contributed by atoms with Crippen molar-refractivity contribution in [3.63, 3.8) is 0 Å². The molecule has 2 unspecified atom stereocenters. The highest BCUT2D eigenvalue weighted by Crippen LogP contribution is 2.26. The molecule has 0 aromatic heterocycles. The molecule has 0 rings (SSSR count). The van der Waals surface area contributed by atoms with Crippen LogP contribution in [0.25, 0.3) is 0 Å². The fraction of sp³-hybridized carbons (Fsp3) is 1.00. The van der Waals surface area contributed by atoms with E-state index in [9.17, 15) is 15.3 Å². The number of hydrogen-bond donors (Lipinski definition) is 3. The molecule has 0 aromatic rings. The fourth-order valence-electron chi connectivity index (χ4n) is 2.95. The van der Waals surface area contributed by atoms with Gasteiger partial charge in [-0.3, -0.25) is 0 Å². The predicted octanol–water partition coefficient (Wildman–Crippen LogP) is 4.18. The Balaban J connectivity index is 3.63. The minimum Gasteiger partial charge on any atom is -0.390 e. The van der Waals surface area contributed by atoms with Crippen molar-refractivity contribution in [2.24, 2.45) is 0 Å². The second-order valence-electron chi connectivity index (χ2n) is 7.48. The number of rotatable bonds is 13. The van der Waals surface area contributed by atoms with Gasteiger partial charge in [-0.1, -0.05) is 64.7 Å². The molecule has 0 bridgehead atoms. The summed E-state index contributed by atoms with van der Waals surface area (Å²) in [5.74, 6) is 0. The number of aliphatic hydroxyl groups excluding tert-OH is 1. The first-order chi connectivity index (χ1) is 9.69. The average molecular weight is 302 g/mol. The molecule has 0 spiro atoms. The van der Waals surface area contributed by atoms with E-state index in [1.54, 1.807) is 20.8 Å². The van der Waals surface area contributed by atoms with Crippen LogP contribution in [0.5, 0.6) is 0 Å². The van der Waals surface area contributed by atoms with Gasteiger partial charge in [-0.2, -0.15) is 0 Å². The summed E-state index contributed by atoms with van der Waals surface area (Å²) in [7, 11) is 0. The summed E-state index contributed by atoms with van der Waals surface area (Å²) in [6.45, 7) is 7.17. The molecule has 3 heteroatoms. The van der Waals surface area contributed by atoms with Crippen LogP contribution < -0.4 is 0 Å². The Morgan fingerprint density at radius 2 is 1.19 bits per heavy atom. The summed E-state index contributed by atoms with van der Waals surface area (Å²) in [4.78, 5) is 0. The minimum absolute atomic E-state index is 0.193. The smallest absolute Gasteiger partial charge is 0.0904 e. The van der Waals surface area contributed by atoms with Crippen LogP contribution in [0.4, 0.5) is 0 Å². The Labute approximate surface area is 131 Å². The van der Waals surface area contributed by atoms with Gasteiger partial charge in [0.1, 0.15) is 0 Å². The quantitative estimate of drug-likeness (QED) is 0.447. The molecule has 0 amide bonds. The van der Waals surface area contributed by atoms with Gasteiger partial charge in [-0.05, 0) is 27.2 Å². The van der Waals surface area contributed by atoms with Crippen LogP contribution in [0, 0.1) is 0 Å². The van der Waals surface area contributed by atoms with E-state index < -0.39 is 17.3 Å². The molecule has 0 aliphatic heterocycles. The standard InChI is InChI=1S/C18H38O3/c1-5-6-7-8-9-10-11-12-13-14-16(19)18(4,21)15-17(2,3)20/h16,19-21H,5-15H2,1-4H3. The molecule has 21 heavy (non-hydrogen) atoms. The molecule has 0 aliphatic rings. The van der Waals surface area contributed by atoms with E-state index >= 15 is 0 Å². The van der Waals surface area contributed by atoms with Gasteiger partial charge in [0.2, 0.25) is 0 Å². The maximum atomic E-state index is 10.2. The third kappa shape index (κ3) is 12.1. The van der Waals surface area contributed by atoms with Crippen molar-refractivity contribution in [2.45, 2.75) is 116 Å². The molecule has 0 fully saturated rings. The Morgan fingerprint density at radius 1 is 0.762 bits per heavy atom. The maximum Gasteiger partial charge on any atom is 0.0904 e. The molecule has 128 valence electrons. The molecule has 3 nitrogen and oxygen atoms in total. The highest BCUT2D eigenvalue weighted by Gasteiger charge is 2.35. The van der Waals surface area contributed by atoms with Crippen LogP contribution in [0.3, 0.4) is 0 Å². The summed E-state index contributed by atoms with van der Waals surface area (Å²) in [6.07, 6.45) is 11.3. The molecule has 3 N–H and O–H groups in total. The molecule has 0 radical (unpaired) electrons. The fourth-order valence-corrected chi connectivity index (χ4v) is 2.95. The van der Waals surface area contributed by atoms with E-state index in [-0.39, 0.29) is 6.42 Å². The van der Waals surface area contributed by atoms with E-state index in [0.717, 1.165) is 12.8 Å². The minimum atomic E-state index is -1.21. The van der Waals surface area contributed by atoms with E-state index in [0.29, 0.717) is 6.42 Å². The maximum absolute atomic E-state index is 10.2. The summed E-state index contributed by atoms with van der Waals surface area (Å²) in [5, 5.41) is 30.1. The number of unbranched alkanes of at least 4 members (excludes halogenated alkanes) is 8. The molecule has 0 aliphatic carbocycles. The molecular weight excluding hydrogens is 264 g/mol. The lowest BCUT2D eigenvalue weighted by Crippen LogP contribution is -2.45. The van der Waals surface area contributed by atoms with Crippen LogP contribution in [-0.2, 0) is 0 Å². The molecule has 0 aromatic carbocycles. The molecule has 0 saturated heterocycles. The summed E-state index contributed by atoms with van der Waals surface area (Å²) >= 11 is 0. The monoisotopic (exact) mass is 302 g/mol. The van der Waals surface area contributed by atoms with E-state index in [2.05, 4.69) is 6.92 Å². The van der Waals surface area contributed by atoms with Crippen molar-refractivity contribution in [3.8, 4) is 0 Å². The van der Waals surface area contributed by atoms with Gasteiger partial charge in [-0.25, -0.2) is 0 Å². The van der Waals surface area contributed by atoms with Crippen LogP contribution in [0.1, 0.15) is 98.3 Å². The lowest BCUT2D eigenvalue weighted by molar-refractivity contribution is -0.108. The van der Waals surface area contributed by atoms with E-state index in [1.165, 1.54) is 44.9 Å². The van der Waals surface area contributed by atoms with Crippen molar-refractivity contribution >= 4 is 0 Å². The number of aliphatic hydroxyl groups is 3. The first-order valence-corrected chi connectivity index (χ1v) is 8.82. The van der Waals surface area contributed by atoms with Crippen LogP contribution >= 0.6 is 0 Å². The zero-order chi connectivity index (χ0) is 16.4. The van der Waals surface area contributed by atoms with Gasteiger partial charge in [0.25, 0.3) is 0 Å². The Morgan fingerprint density at radius 3 is 1.62 bits per heavy atom. The van der Waals surface area contributed by atoms with Crippen LogP contribution in [0.2, 0.25) is 0 Å². The van der Waals surface area contributed by atoms with Gasteiger partial charge in [0, 0.05) is 6.42 Å². The topological polar surface area (TPSA) is 60.7 Å². The van der Waals surface area contributed by atoms with Crippen molar-refractivity contribution in [1.29, 1.82) is 0 Å². The van der Waals surface area contributed by atoms with Gasteiger partial charge in [0.05, 0.1) is 17.3 Å². The first kappa shape index (κ1) is 20.9. The third-order valence-corrected chi connectivity index (χ3v) is 4.09. The Bertz CT molecular complexity index is 243. The third-order valence-electron chi connectivity index (χ3n) is 4.09. The second-order valence-corrected chi connectivity index (χ2v) is 7.48. The Kier molecular flexibility index (Phi) is 10.5. The SMILES string of the molecule is CCCCCCCCCCCC(O)C(C)(O)CC(C)(C)O. The predicted molar refractivity (Wildman–Crippen MR) is 89.4 cm³/mol. The summed E-state index contributed by atoms with van der Waals surface area (Å²) < 4.78 is 0. The van der Waals surface area contributed by atoms with Crippen molar-refractivity contribution in [1.82, 2.24) is 0 Å². The first-order valence-electron chi connectivity index (χ1n) is 8.82. The highest BCUT2D eigenvalue weighted by molar-refractivity contribution is 4.87. The lowest BCUT2D eigenvalue weighted by Gasteiger charge is -2.34. The largest absolute Gasteiger partial charge is 0.390 e. The average Bonchev–Trinajstić information content (AvgIpc) is 2.33. The summed E-state index contributed by atoms with van der Waals surface area (Å²) in [5.41, 5.74) is -2.17. The molecule has 0 heterocycles. The van der Waals surface area contributed by atoms with Gasteiger partial charge in [-0.15, -0.1) is 0 Å². The van der Waals surface area contributed by atoms with Crippen LogP contribution in [0.15, 0.2) is 0 Å². The number of hydrogen-bond acceptors (Lipinski definition) is 3. The zero-order valence-electron chi connectivity index (χ0n) is 14.7. The van der Waals surface area contributed by atoms with Gasteiger partial charge in [0.15, 0.2) is 0 Å². The molecular formula is C18H38O3. The normalized spacial score (nSPS) is 16.7. The zero-order valence-corrected chi connectivity index (χ0v) is 14.7. The summed E-state index contributed by atoms with van der Waals surface area (Å²) in [6, 6.07) is 0. The van der Waals surface area contributed by atoms with E-state index in [1.807, 2.05) is 0 Å². The Hall–Kier alpha value is -0.120. The van der Waals surface area contributed by atoms with Gasteiger partial charge >= 0.3 is 0 Å². The van der Waals surface area contributed by atoms with Crippen molar-refractivity contribution in [3.05, 3.63) is 0 Å². The molecule has 0 saturated carbocycles. The van der Waals surface area contributed by atoms with E-state index in [4.69, 9.17) is 0 Å². The molecule has 2 atom stereocenters. The highest BCUT2D eigenvalue weighted by atomic mass is 16.3. The van der Waals surface area contributed by atoms with Crippen LogP contribution in [-0.4, -0.2) is 32.6 Å². The van der Waals surface area contributed by atoms with Gasteiger partial charge < -0.3 is 15.3 Å². The second kappa shape index (κ2) is 10.6. The van der Waals surface area contributed by atoms with Crippen molar-refractivity contribution in [2.75, 3.05) is 0 Å².